The summed E-state index contributed by atoms with van der Waals surface area (Å²) in [5.74, 6) is 2.67. The van der Waals surface area contributed by atoms with Crippen molar-refractivity contribution in [2.24, 2.45) is 0 Å². The maximum atomic E-state index is 5.89. The number of fused-ring (bicyclic) bond motifs is 4. The summed E-state index contributed by atoms with van der Waals surface area (Å²) in [5.41, 5.74) is 11.7. The number of nitrogens with zero attached hydrogens (tertiary/aromatic N) is 3. The summed E-state index contributed by atoms with van der Waals surface area (Å²) < 4.78 is 11.4. The number of hydrogen-bond donors (Lipinski definition) is 1. The molecule has 1 aliphatic carbocycles. The zero-order valence-corrected chi connectivity index (χ0v) is 20.9. The van der Waals surface area contributed by atoms with E-state index in [0.29, 0.717) is 0 Å². The molecule has 6 heteroatoms. The molecule has 0 fully saturated rings. The molecule has 2 aromatic carbocycles. The van der Waals surface area contributed by atoms with Gasteiger partial charge in [-0.15, -0.1) is 0 Å². The van der Waals surface area contributed by atoms with Crippen molar-refractivity contribution in [1.29, 1.82) is 0 Å². The largest absolute Gasteiger partial charge is 0.496 e. The lowest BCUT2D eigenvalue weighted by Gasteiger charge is -2.15. The van der Waals surface area contributed by atoms with Crippen molar-refractivity contribution < 1.29 is 9.26 Å². The molecule has 6 nitrogen and oxygen atoms in total. The molecule has 0 spiro atoms. The Kier molecular flexibility index (Phi) is 4.81. The van der Waals surface area contributed by atoms with Crippen LogP contribution in [-0.4, -0.2) is 27.2 Å². The molecular formula is C29H28N4O2. The fourth-order valence-electron chi connectivity index (χ4n) is 5.37. The first-order valence-corrected chi connectivity index (χ1v) is 12.0. The Morgan fingerprint density at radius 3 is 2.49 bits per heavy atom. The smallest absolute Gasteiger partial charge is 0.141 e. The van der Waals surface area contributed by atoms with Gasteiger partial charge in [0.05, 0.1) is 29.8 Å². The Balaban J connectivity index is 1.65. The molecule has 6 rings (SSSR count). The molecule has 35 heavy (non-hydrogen) atoms. The lowest BCUT2D eigenvalue weighted by molar-refractivity contribution is 0.393. The Bertz CT molecular complexity index is 1600. The number of aromatic nitrogens is 4. The Labute approximate surface area is 204 Å². The maximum Gasteiger partial charge on any atom is 0.141 e. The van der Waals surface area contributed by atoms with Crippen LogP contribution in [0.15, 0.2) is 40.9 Å². The van der Waals surface area contributed by atoms with E-state index in [1.165, 1.54) is 10.9 Å². The number of aromatic amines is 1. The molecule has 0 radical (unpaired) electrons. The van der Waals surface area contributed by atoms with Crippen molar-refractivity contribution in [1.82, 2.24) is 20.1 Å². The van der Waals surface area contributed by atoms with E-state index in [-0.39, 0.29) is 5.92 Å². The molecule has 1 N–H and O–H groups in total. The average molecular weight is 465 g/mol. The first kappa shape index (κ1) is 21.6. The molecule has 0 saturated heterocycles. The van der Waals surface area contributed by atoms with Gasteiger partial charge in [-0.2, -0.15) is 0 Å². The van der Waals surface area contributed by atoms with Crippen LogP contribution in [0, 0.1) is 20.8 Å². The highest BCUT2D eigenvalue weighted by Crippen LogP contribution is 2.48. The second-order valence-corrected chi connectivity index (χ2v) is 9.66. The van der Waals surface area contributed by atoms with E-state index >= 15 is 0 Å². The van der Waals surface area contributed by atoms with Gasteiger partial charge < -0.3 is 14.2 Å². The summed E-state index contributed by atoms with van der Waals surface area (Å²) in [6.45, 7) is 10.3. The van der Waals surface area contributed by atoms with Crippen molar-refractivity contribution >= 4 is 10.9 Å². The SMILES string of the molecule is COc1cc2c(cc1-c1c(C)noc1C)Cc1nc(C(C)C)nc(-c3c(C)[nH]c4ccccc34)c1-2. The van der Waals surface area contributed by atoms with Crippen LogP contribution in [0.2, 0.25) is 0 Å². The van der Waals surface area contributed by atoms with Gasteiger partial charge in [0.25, 0.3) is 0 Å². The molecule has 3 aromatic heterocycles. The van der Waals surface area contributed by atoms with Crippen LogP contribution >= 0.6 is 0 Å². The van der Waals surface area contributed by atoms with Crippen molar-refractivity contribution in [2.75, 3.05) is 7.11 Å². The second-order valence-electron chi connectivity index (χ2n) is 9.66. The van der Waals surface area contributed by atoms with Crippen LogP contribution < -0.4 is 4.74 Å². The van der Waals surface area contributed by atoms with Crippen molar-refractivity contribution in [3.8, 4) is 39.3 Å². The third-order valence-corrected chi connectivity index (χ3v) is 7.00. The topological polar surface area (TPSA) is 76.8 Å². The highest BCUT2D eigenvalue weighted by atomic mass is 16.5. The minimum atomic E-state index is 0.223. The Morgan fingerprint density at radius 1 is 0.971 bits per heavy atom. The molecule has 0 atom stereocenters. The Hall–Kier alpha value is -3.93. The molecule has 0 unspecified atom stereocenters. The van der Waals surface area contributed by atoms with E-state index in [1.54, 1.807) is 7.11 Å². The quantitative estimate of drug-likeness (QED) is 0.307. The normalized spacial score (nSPS) is 12.4. The first-order chi connectivity index (χ1) is 16.9. The predicted molar refractivity (Wildman–Crippen MR) is 138 cm³/mol. The number of benzene rings is 2. The highest BCUT2D eigenvalue weighted by Gasteiger charge is 2.30. The summed E-state index contributed by atoms with van der Waals surface area (Å²) in [6, 6.07) is 12.8. The van der Waals surface area contributed by atoms with Crippen LogP contribution in [0.5, 0.6) is 5.75 Å². The van der Waals surface area contributed by atoms with Crippen LogP contribution in [0.4, 0.5) is 0 Å². The average Bonchev–Trinajstić information content (AvgIpc) is 3.48. The molecule has 3 heterocycles. The second kappa shape index (κ2) is 7.80. The van der Waals surface area contributed by atoms with E-state index in [2.05, 4.69) is 67.3 Å². The van der Waals surface area contributed by atoms with Gasteiger partial charge in [-0.25, -0.2) is 9.97 Å². The molecule has 0 amide bonds. The van der Waals surface area contributed by atoms with Crippen LogP contribution in [0.1, 0.15) is 54.0 Å². The molecule has 0 bridgehead atoms. The molecule has 1 aliphatic rings. The zero-order valence-electron chi connectivity index (χ0n) is 20.9. The summed E-state index contributed by atoms with van der Waals surface area (Å²) in [7, 11) is 1.71. The van der Waals surface area contributed by atoms with Crippen LogP contribution in [0.25, 0.3) is 44.4 Å². The minimum Gasteiger partial charge on any atom is -0.496 e. The third-order valence-electron chi connectivity index (χ3n) is 7.00. The van der Waals surface area contributed by atoms with Gasteiger partial charge in [0.1, 0.15) is 17.3 Å². The molecule has 0 saturated carbocycles. The van der Waals surface area contributed by atoms with Gasteiger partial charge in [-0.1, -0.05) is 37.2 Å². The van der Waals surface area contributed by atoms with E-state index in [0.717, 1.165) is 79.9 Å². The van der Waals surface area contributed by atoms with E-state index in [9.17, 15) is 0 Å². The van der Waals surface area contributed by atoms with Crippen LogP contribution in [0.3, 0.4) is 0 Å². The number of aryl methyl sites for hydroxylation is 3. The molecule has 5 aromatic rings. The standard InChI is InChI=1S/C29H28N4O2/c1-14(2)29-31-23-12-18-11-21(25-16(4)33-35-17(25)5)24(34-6)13-20(18)27(23)28(32-29)26-15(3)30-22-10-8-7-9-19(22)26/h7-11,13-14,30H,12H2,1-6H3. The zero-order chi connectivity index (χ0) is 24.4. The summed E-state index contributed by atoms with van der Waals surface area (Å²) in [4.78, 5) is 13.7. The fraction of sp³-hybridized carbons (Fsp3) is 0.276. The number of ether oxygens (including phenoxy) is 1. The molecule has 0 aliphatic heterocycles. The number of hydrogen-bond acceptors (Lipinski definition) is 5. The predicted octanol–water partition coefficient (Wildman–Crippen LogP) is 6.91. The Morgan fingerprint density at radius 2 is 1.77 bits per heavy atom. The number of rotatable bonds is 4. The van der Waals surface area contributed by atoms with E-state index in [4.69, 9.17) is 19.2 Å². The first-order valence-electron chi connectivity index (χ1n) is 12.0. The van der Waals surface area contributed by atoms with E-state index in [1.807, 2.05) is 13.8 Å². The number of para-hydroxylation sites is 1. The number of H-pyrrole nitrogens is 1. The van der Waals surface area contributed by atoms with Crippen molar-refractivity contribution in [3.63, 3.8) is 0 Å². The monoisotopic (exact) mass is 464 g/mol. The van der Waals surface area contributed by atoms with Crippen LogP contribution in [-0.2, 0) is 6.42 Å². The molecule has 176 valence electrons. The number of nitrogens with one attached hydrogen (secondary N) is 1. The number of methoxy groups -OCH3 is 1. The van der Waals surface area contributed by atoms with E-state index < -0.39 is 0 Å². The van der Waals surface area contributed by atoms with Gasteiger partial charge in [-0.05, 0) is 50.1 Å². The lowest BCUT2D eigenvalue weighted by Crippen LogP contribution is -2.04. The van der Waals surface area contributed by atoms with Gasteiger partial charge in [0.2, 0.25) is 0 Å². The highest BCUT2D eigenvalue weighted by molar-refractivity contribution is 6.02. The van der Waals surface area contributed by atoms with Gasteiger partial charge in [0.15, 0.2) is 0 Å². The maximum absolute atomic E-state index is 5.89. The van der Waals surface area contributed by atoms with Gasteiger partial charge in [-0.3, -0.25) is 0 Å². The minimum absolute atomic E-state index is 0.223. The fourth-order valence-corrected chi connectivity index (χ4v) is 5.37. The summed E-state index contributed by atoms with van der Waals surface area (Å²) in [6.07, 6.45) is 0.752. The van der Waals surface area contributed by atoms with Gasteiger partial charge >= 0.3 is 0 Å². The third kappa shape index (κ3) is 3.20. The molecular weight excluding hydrogens is 436 g/mol. The van der Waals surface area contributed by atoms with Crippen molar-refractivity contribution in [3.05, 3.63) is 70.6 Å². The summed E-state index contributed by atoms with van der Waals surface area (Å²) in [5, 5.41) is 5.34. The lowest BCUT2D eigenvalue weighted by atomic mass is 9.94. The summed E-state index contributed by atoms with van der Waals surface area (Å²) >= 11 is 0. The van der Waals surface area contributed by atoms with Crippen molar-refractivity contribution in [2.45, 2.75) is 47.0 Å². The van der Waals surface area contributed by atoms with Gasteiger partial charge in [0, 0.05) is 45.6 Å².